The van der Waals surface area contributed by atoms with E-state index in [0.29, 0.717) is 47.1 Å². The molecule has 0 radical (unpaired) electrons. The van der Waals surface area contributed by atoms with Gasteiger partial charge in [-0.15, -0.1) is 12.4 Å². The van der Waals surface area contributed by atoms with E-state index < -0.39 is 17.0 Å². The zero-order valence-corrected chi connectivity index (χ0v) is 20.5. The minimum Gasteiger partial charge on any atom is -0.506 e. The van der Waals surface area contributed by atoms with Crippen LogP contribution in [0.2, 0.25) is 5.02 Å². The first kappa shape index (κ1) is 26.3. The van der Waals surface area contributed by atoms with Gasteiger partial charge in [-0.05, 0) is 35.9 Å². The lowest BCUT2D eigenvalue weighted by Gasteiger charge is -2.23. The molecule has 0 saturated carbocycles. The van der Waals surface area contributed by atoms with Gasteiger partial charge in [-0.3, -0.25) is 0 Å². The third kappa shape index (κ3) is 5.87. The van der Waals surface area contributed by atoms with Crippen LogP contribution in [0.5, 0.6) is 5.75 Å². The number of hydrogen-bond donors (Lipinski definition) is 4. The number of aromatic amines is 1. The molecule has 0 aliphatic carbocycles. The van der Waals surface area contributed by atoms with E-state index in [1.807, 2.05) is 13.8 Å². The molecule has 0 fully saturated rings. The van der Waals surface area contributed by atoms with Crippen molar-refractivity contribution in [3.63, 3.8) is 0 Å². The molecule has 0 saturated heterocycles. The number of H-pyrrole nitrogens is 1. The van der Waals surface area contributed by atoms with Gasteiger partial charge in [0.1, 0.15) is 11.6 Å². The number of halogens is 4. The number of aromatic nitrogens is 4. The first-order valence-electron chi connectivity index (χ1n) is 10.5. The van der Waals surface area contributed by atoms with Crippen molar-refractivity contribution >= 4 is 30.0 Å². The van der Waals surface area contributed by atoms with Crippen molar-refractivity contribution in [1.82, 2.24) is 25.3 Å². The fourth-order valence-electron chi connectivity index (χ4n) is 3.51. The molecule has 0 amide bonds. The van der Waals surface area contributed by atoms with Crippen molar-refractivity contribution in [2.45, 2.75) is 25.8 Å². The number of phenols is 1. The molecule has 4 aromatic rings. The molecular weight excluding hydrogens is 497 g/mol. The molecule has 184 valence electrons. The minimum absolute atomic E-state index is 0. The van der Waals surface area contributed by atoms with Crippen molar-refractivity contribution in [2.75, 3.05) is 12.3 Å². The SMILES string of the molecule is CC(C)(CNCc1ccc(F)c(F)c1)c1nc(-c2ccc(Cl)c(O)c2)c(-c2ccnc(N)n2)[nH]1.Cl. The molecule has 2 heterocycles. The Morgan fingerprint density at radius 3 is 2.54 bits per heavy atom. The molecule has 0 unspecified atom stereocenters. The largest absolute Gasteiger partial charge is 0.506 e. The fraction of sp³-hybridized carbons (Fsp3) is 0.208. The highest BCUT2D eigenvalue weighted by atomic mass is 35.5. The van der Waals surface area contributed by atoms with Crippen LogP contribution in [0, 0.1) is 11.6 Å². The summed E-state index contributed by atoms with van der Waals surface area (Å²) in [6.45, 7) is 4.82. The van der Waals surface area contributed by atoms with Gasteiger partial charge in [0, 0.05) is 30.3 Å². The second-order valence-electron chi connectivity index (χ2n) is 8.51. The van der Waals surface area contributed by atoms with Gasteiger partial charge >= 0.3 is 0 Å². The Morgan fingerprint density at radius 2 is 1.86 bits per heavy atom. The summed E-state index contributed by atoms with van der Waals surface area (Å²) in [6.07, 6.45) is 1.55. The number of benzene rings is 2. The maximum atomic E-state index is 13.5. The summed E-state index contributed by atoms with van der Waals surface area (Å²) >= 11 is 5.98. The maximum absolute atomic E-state index is 13.5. The fourth-order valence-corrected chi connectivity index (χ4v) is 3.63. The number of anilines is 1. The van der Waals surface area contributed by atoms with E-state index in [1.54, 1.807) is 24.4 Å². The Hall–Kier alpha value is -3.27. The van der Waals surface area contributed by atoms with E-state index in [9.17, 15) is 13.9 Å². The van der Waals surface area contributed by atoms with Gasteiger partial charge in [0.15, 0.2) is 11.6 Å². The van der Waals surface area contributed by atoms with E-state index in [4.69, 9.17) is 22.3 Å². The van der Waals surface area contributed by atoms with Crippen LogP contribution in [0.1, 0.15) is 25.2 Å². The molecule has 2 aromatic heterocycles. The van der Waals surface area contributed by atoms with E-state index in [-0.39, 0.29) is 29.1 Å². The Kier molecular flexibility index (Phi) is 7.94. The van der Waals surface area contributed by atoms with Crippen molar-refractivity contribution < 1.29 is 13.9 Å². The van der Waals surface area contributed by atoms with Gasteiger partial charge in [0.2, 0.25) is 5.95 Å². The summed E-state index contributed by atoms with van der Waals surface area (Å²) in [4.78, 5) is 16.4. The van der Waals surface area contributed by atoms with Crippen LogP contribution in [0.15, 0.2) is 48.7 Å². The Balaban J connectivity index is 0.00000342. The molecule has 0 atom stereocenters. The quantitative estimate of drug-likeness (QED) is 0.265. The number of aromatic hydroxyl groups is 1. The lowest BCUT2D eigenvalue weighted by atomic mass is 9.92. The molecule has 11 heteroatoms. The molecule has 35 heavy (non-hydrogen) atoms. The monoisotopic (exact) mass is 520 g/mol. The highest BCUT2D eigenvalue weighted by molar-refractivity contribution is 6.32. The van der Waals surface area contributed by atoms with Crippen LogP contribution in [0.25, 0.3) is 22.6 Å². The summed E-state index contributed by atoms with van der Waals surface area (Å²) < 4.78 is 26.7. The van der Waals surface area contributed by atoms with Crippen LogP contribution in [0.4, 0.5) is 14.7 Å². The predicted octanol–water partition coefficient (Wildman–Crippen LogP) is 5.24. The molecule has 2 aromatic carbocycles. The second-order valence-corrected chi connectivity index (χ2v) is 8.92. The van der Waals surface area contributed by atoms with E-state index in [2.05, 4.69) is 20.3 Å². The van der Waals surface area contributed by atoms with Crippen LogP contribution in [0.3, 0.4) is 0 Å². The van der Waals surface area contributed by atoms with Gasteiger partial charge in [0.05, 0.1) is 22.1 Å². The third-order valence-electron chi connectivity index (χ3n) is 5.37. The number of phenolic OH excluding ortho intramolecular Hbond substituents is 1. The molecule has 7 nitrogen and oxygen atoms in total. The maximum Gasteiger partial charge on any atom is 0.220 e. The van der Waals surface area contributed by atoms with Crippen molar-refractivity contribution in [3.05, 3.63) is 76.7 Å². The zero-order chi connectivity index (χ0) is 24.5. The normalized spacial score (nSPS) is 11.3. The summed E-state index contributed by atoms with van der Waals surface area (Å²) in [6, 6.07) is 10.4. The smallest absolute Gasteiger partial charge is 0.220 e. The first-order chi connectivity index (χ1) is 16.1. The Morgan fingerprint density at radius 1 is 1.09 bits per heavy atom. The van der Waals surface area contributed by atoms with Crippen LogP contribution < -0.4 is 11.1 Å². The molecule has 5 N–H and O–H groups in total. The van der Waals surface area contributed by atoms with Crippen LogP contribution >= 0.6 is 24.0 Å². The van der Waals surface area contributed by atoms with Gasteiger partial charge in [-0.25, -0.2) is 23.7 Å². The van der Waals surface area contributed by atoms with E-state index in [1.165, 1.54) is 18.2 Å². The van der Waals surface area contributed by atoms with Gasteiger partial charge in [0.25, 0.3) is 0 Å². The number of nitrogens with one attached hydrogen (secondary N) is 2. The Bertz CT molecular complexity index is 1350. The summed E-state index contributed by atoms with van der Waals surface area (Å²) in [7, 11) is 0. The molecule has 4 rings (SSSR count). The highest BCUT2D eigenvalue weighted by Gasteiger charge is 2.27. The van der Waals surface area contributed by atoms with Gasteiger partial charge < -0.3 is 21.1 Å². The highest BCUT2D eigenvalue weighted by Crippen LogP contribution is 2.36. The van der Waals surface area contributed by atoms with Crippen molar-refractivity contribution in [2.24, 2.45) is 0 Å². The lowest BCUT2D eigenvalue weighted by Crippen LogP contribution is -2.33. The molecule has 0 aliphatic heterocycles. The molecule has 0 bridgehead atoms. The van der Waals surface area contributed by atoms with Gasteiger partial charge in [-0.2, -0.15) is 0 Å². The molecule has 0 spiro atoms. The number of nitrogen functional groups attached to an aromatic ring is 1. The average molecular weight is 521 g/mol. The summed E-state index contributed by atoms with van der Waals surface area (Å²) in [5, 5.41) is 13.6. The number of imidazole rings is 1. The number of hydrogen-bond acceptors (Lipinski definition) is 6. The van der Waals surface area contributed by atoms with Gasteiger partial charge in [-0.1, -0.05) is 37.6 Å². The summed E-state index contributed by atoms with van der Waals surface area (Å²) in [5.41, 5.74) is 8.29. The number of nitrogens with zero attached hydrogens (tertiary/aromatic N) is 3. The van der Waals surface area contributed by atoms with E-state index in [0.717, 1.165) is 6.07 Å². The second kappa shape index (κ2) is 10.6. The van der Waals surface area contributed by atoms with Crippen LogP contribution in [-0.2, 0) is 12.0 Å². The van der Waals surface area contributed by atoms with Crippen molar-refractivity contribution in [3.8, 4) is 28.4 Å². The first-order valence-corrected chi connectivity index (χ1v) is 10.8. The summed E-state index contributed by atoms with van der Waals surface area (Å²) in [5.74, 6) is -1.05. The lowest BCUT2D eigenvalue weighted by molar-refractivity contribution is 0.446. The van der Waals surface area contributed by atoms with Crippen LogP contribution in [-0.4, -0.2) is 31.6 Å². The number of nitrogens with two attached hydrogens (primary N) is 1. The minimum atomic E-state index is -0.880. The zero-order valence-electron chi connectivity index (χ0n) is 18.9. The molecular formula is C24H24Cl2F2N6O. The number of rotatable bonds is 7. The van der Waals surface area contributed by atoms with Crippen molar-refractivity contribution in [1.29, 1.82) is 0 Å². The average Bonchev–Trinajstić information content (AvgIpc) is 3.25. The Labute approximate surface area is 212 Å². The molecule has 0 aliphatic rings. The van der Waals surface area contributed by atoms with E-state index >= 15 is 0 Å². The standard InChI is InChI=1S/C24H23ClF2N6O.ClH/c1-24(2,12-29-11-13-3-6-16(26)17(27)9-13)22-32-20(14-4-5-15(25)19(34)10-14)21(33-22)18-7-8-30-23(28)31-18;/h3-10,29,34H,11-12H2,1-2H3,(H,32,33)(H2,28,30,31);1H. The third-order valence-corrected chi connectivity index (χ3v) is 5.69. The topological polar surface area (TPSA) is 113 Å². The predicted molar refractivity (Wildman–Crippen MR) is 134 cm³/mol.